The lowest BCUT2D eigenvalue weighted by atomic mass is 10.2. The monoisotopic (exact) mass is 242 g/mol. The van der Waals surface area contributed by atoms with Crippen molar-refractivity contribution >= 4 is 10.0 Å². The van der Waals surface area contributed by atoms with Crippen molar-refractivity contribution in [3.05, 3.63) is 29.3 Å². The van der Waals surface area contributed by atoms with Crippen molar-refractivity contribution in [2.24, 2.45) is 5.73 Å². The predicted molar refractivity (Wildman–Crippen MR) is 64.8 cm³/mol. The highest BCUT2D eigenvalue weighted by molar-refractivity contribution is 7.89. The number of aryl methyl sites for hydroxylation is 2. The van der Waals surface area contributed by atoms with E-state index < -0.39 is 10.0 Å². The van der Waals surface area contributed by atoms with Gasteiger partial charge in [0, 0.05) is 6.54 Å². The van der Waals surface area contributed by atoms with Crippen LogP contribution in [0.1, 0.15) is 17.5 Å². The fourth-order valence-electron chi connectivity index (χ4n) is 1.48. The highest BCUT2D eigenvalue weighted by Gasteiger charge is 2.13. The molecule has 1 aromatic carbocycles. The highest BCUT2D eigenvalue weighted by atomic mass is 32.2. The van der Waals surface area contributed by atoms with Crippen LogP contribution in [0.5, 0.6) is 0 Å². The zero-order valence-corrected chi connectivity index (χ0v) is 10.5. The maximum absolute atomic E-state index is 11.9. The number of benzene rings is 1. The summed E-state index contributed by atoms with van der Waals surface area (Å²) in [6.07, 6.45) is 0.643. The molecule has 1 rings (SSSR count). The number of nitrogens with one attached hydrogen (secondary N) is 1. The standard InChI is InChI=1S/C11H18N2O2S/c1-9-6-10(2)8-11(7-9)16(14,15)13-5-3-4-12/h6-8,13H,3-5,12H2,1-2H3. The van der Waals surface area contributed by atoms with E-state index >= 15 is 0 Å². The Kier molecular flexibility index (Phi) is 4.46. The molecule has 0 fully saturated rings. The quantitative estimate of drug-likeness (QED) is 0.754. The highest BCUT2D eigenvalue weighted by Crippen LogP contribution is 2.13. The molecule has 4 nitrogen and oxygen atoms in total. The van der Waals surface area contributed by atoms with Gasteiger partial charge in [-0.1, -0.05) is 6.07 Å². The van der Waals surface area contributed by atoms with Crippen LogP contribution in [-0.2, 0) is 10.0 Å². The lowest BCUT2D eigenvalue weighted by Gasteiger charge is -2.07. The van der Waals surface area contributed by atoms with E-state index in [2.05, 4.69) is 4.72 Å². The number of rotatable bonds is 5. The van der Waals surface area contributed by atoms with Crippen LogP contribution in [0.3, 0.4) is 0 Å². The molecule has 0 aromatic heterocycles. The largest absolute Gasteiger partial charge is 0.330 e. The second-order valence-electron chi connectivity index (χ2n) is 3.86. The van der Waals surface area contributed by atoms with Crippen molar-refractivity contribution in [1.82, 2.24) is 4.72 Å². The van der Waals surface area contributed by atoms with Crippen LogP contribution in [0.4, 0.5) is 0 Å². The molecular weight excluding hydrogens is 224 g/mol. The summed E-state index contributed by atoms with van der Waals surface area (Å²) in [6, 6.07) is 5.27. The van der Waals surface area contributed by atoms with E-state index in [0.717, 1.165) is 11.1 Å². The third-order valence-electron chi connectivity index (χ3n) is 2.18. The molecule has 0 aliphatic carbocycles. The summed E-state index contributed by atoms with van der Waals surface area (Å²) in [6.45, 7) is 4.62. The van der Waals surface area contributed by atoms with E-state index in [1.54, 1.807) is 12.1 Å². The SMILES string of the molecule is Cc1cc(C)cc(S(=O)(=O)NCCCN)c1. The first-order valence-electron chi connectivity index (χ1n) is 5.24. The van der Waals surface area contributed by atoms with Gasteiger partial charge < -0.3 is 5.73 Å². The van der Waals surface area contributed by atoms with Crippen LogP contribution in [0.15, 0.2) is 23.1 Å². The molecule has 0 aliphatic heterocycles. The topological polar surface area (TPSA) is 72.2 Å². The van der Waals surface area contributed by atoms with Gasteiger partial charge in [-0.3, -0.25) is 0 Å². The Labute approximate surface area is 96.9 Å². The molecule has 0 bridgehead atoms. The molecular formula is C11H18N2O2S. The Morgan fingerprint density at radius 3 is 2.25 bits per heavy atom. The number of nitrogens with two attached hydrogens (primary N) is 1. The van der Waals surface area contributed by atoms with Crippen molar-refractivity contribution in [1.29, 1.82) is 0 Å². The van der Waals surface area contributed by atoms with E-state index in [4.69, 9.17) is 5.73 Å². The zero-order chi connectivity index (χ0) is 12.2. The van der Waals surface area contributed by atoms with Crippen LogP contribution in [-0.4, -0.2) is 21.5 Å². The molecule has 0 spiro atoms. The molecule has 0 aliphatic rings. The molecule has 3 N–H and O–H groups in total. The summed E-state index contributed by atoms with van der Waals surface area (Å²) in [5.74, 6) is 0. The molecule has 0 saturated heterocycles. The van der Waals surface area contributed by atoms with Crippen LogP contribution >= 0.6 is 0 Å². The van der Waals surface area contributed by atoms with Crippen LogP contribution in [0.2, 0.25) is 0 Å². The van der Waals surface area contributed by atoms with E-state index in [1.165, 1.54) is 0 Å². The van der Waals surface area contributed by atoms with Gasteiger partial charge in [0.15, 0.2) is 0 Å². The van der Waals surface area contributed by atoms with E-state index in [1.807, 2.05) is 19.9 Å². The summed E-state index contributed by atoms with van der Waals surface area (Å²) in [5.41, 5.74) is 7.20. The van der Waals surface area contributed by atoms with Gasteiger partial charge in [0.1, 0.15) is 0 Å². The van der Waals surface area contributed by atoms with Gasteiger partial charge in [-0.2, -0.15) is 0 Å². The van der Waals surface area contributed by atoms with Crippen LogP contribution < -0.4 is 10.5 Å². The van der Waals surface area contributed by atoms with Crippen molar-refractivity contribution in [3.8, 4) is 0 Å². The van der Waals surface area contributed by atoms with E-state index in [-0.39, 0.29) is 0 Å². The van der Waals surface area contributed by atoms with Gasteiger partial charge in [0.2, 0.25) is 10.0 Å². The van der Waals surface area contributed by atoms with Crippen molar-refractivity contribution in [2.75, 3.05) is 13.1 Å². The number of hydrogen-bond donors (Lipinski definition) is 2. The Hall–Kier alpha value is -0.910. The Bertz CT molecular complexity index is 435. The van der Waals surface area contributed by atoms with Gasteiger partial charge in [0.25, 0.3) is 0 Å². The van der Waals surface area contributed by atoms with Crippen molar-refractivity contribution in [3.63, 3.8) is 0 Å². The normalized spacial score (nSPS) is 11.7. The predicted octanol–water partition coefficient (Wildman–Crippen LogP) is 0.931. The minimum Gasteiger partial charge on any atom is -0.330 e. The van der Waals surface area contributed by atoms with Crippen LogP contribution in [0.25, 0.3) is 0 Å². The zero-order valence-electron chi connectivity index (χ0n) is 9.66. The van der Waals surface area contributed by atoms with Crippen molar-refractivity contribution < 1.29 is 8.42 Å². The first-order chi connectivity index (χ1) is 7.45. The maximum atomic E-state index is 11.9. The number of hydrogen-bond acceptors (Lipinski definition) is 3. The van der Waals surface area contributed by atoms with Gasteiger partial charge in [-0.25, -0.2) is 13.1 Å². The van der Waals surface area contributed by atoms with Gasteiger partial charge in [-0.05, 0) is 50.1 Å². The Morgan fingerprint density at radius 2 is 1.75 bits per heavy atom. The molecule has 16 heavy (non-hydrogen) atoms. The fourth-order valence-corrected chi connectivity index (χ4v) is 2.74. The summed E-state index contributed by atoms with van der Waals surface area (Å²) in [4.78, 5) is 0.321. The van der Waals surface area contributed by atoms with E-state index in [0.29, 0.717) is 24.4 Å². The van der Waals surface area contributed by atoms with Gasteiger partial charge >= 0.3 is 0 Å². The Balaban J connectivity index is 2.89. The maximum Gasteiger partial charge on any atom is 0.240 e. The second kappa shape index (κ2) is 5.43. The summed E-state index contributed by atoms with van der Waals surface area (Å²) >= 11 is 0. The average Bonchev–Trinajstić information content (AvgIpc) is 2.16. The molecule has 0 atom stereocenters. The number of sulfonamides is 1. The molecule has 0 unspecified atom stereocenters. The average molecular weight is 242 g/mol. The minimum absolute atomic E-state index is 0.321. The summed E-state index contributed by atoms with van der Waals surface area (Å²) < 4.78 is 26.2. The summed E-state index contributed by atoms with van der Waals surface area (Å²) in [5, 5.41) is 0. The second-order valence-corrected chi connectivity index (χ2v) is 5.63. The molecule has 5 heteroatoms. The summed E-state index contributed by atoms with van der Waals surface area (Å²) in [7, 11) is -3.38. The molecule has 1 aromatic rings. The van der Waals surface area contributed by atoms with Crippen molar-refractivity contribution in [2.45, 2.75) is 25.2 Å². The third kappa shape index (κ3) is 3.59. The lowest BCUT2D eigenvalue weighted by Crippen LogP contribution is -2.26. The molecule has 0 amide bonds. The van der Waals surface area contributed by atoms with Crippen LogP contribution in [0, 0.1) is 13.8 Å². The minimum atomic E-state index is -3.38. The molecule has 0 saturated carbocycles. The fraction of sp³-hybridized carbons (Fsp3) is 0.455. The smallest absolute Gasteiger partial charge is 0.240 e. The molecule has 0 radical (unpaired) electrons. The molecule has 0 heterocycles. The lowest BCUT2D eigenvalue weighted by molar-refractivity contribution is 0.579. The first-order valence-corrected chi connectivity index (χ1v) is 6.72. The van der Waals surface area contributed by atoms with Gasteiger partial charge in [-0.15, -0.1) is 0 Å². The first kappa shape index (κ1) is 13.2. The molecule has 90 valence electrons. The van der Waals surface area contributed by atoms with E-state index in [9.17, 15) is 8.42 Å². The van der Waals surface area contributed by atoms with Gasteiger partial charge in [0.05, 0.1) is 4.90 Å². The Morgan fingerprint density at radius 1 is 1.19 bits per heavy atom. The third-order valence-corrected chi connectivity index (χ3v) is 3.62.